The SMILES string of the molecule is CS(=O)(=O)c1cnn(CC(O)c2ccccc2F)c1. The highest BCUT2D eigenvalue weighted by molar-refractivity contribution is 7.90. The predicted molar refractivity (Wildman–Crippen MR) is 66.7 cm³/mol. The minimum Gasteiger partial charge on any atom is -0.386 e. The summed E-state index contributed by atoms with van der Waals surface area (Å²) in [6, 6.07) is 5.87. The smallest absolute Gasteiger partial charge is 0.178 e. The van der Waals surface area contributed by atoms with Gasteiger partial charge in [0.05, 0.1) is 12.7 Å². The lowest BCUT2D eigenvalue weighted by molar-refractivity contribution is 0.147. The molecule has 0 aliphatic rings. The van der Waals surface area contributed by atoms with E-state index < -0.39 is 21.8 Å². The highest BCUT2D eigenvalue weighted by Crippen LogP contribution is 2.18. The van der Waals surface area contributed by atoms with Crippen molar-refractivity contribution in [3.8, 4) is 0 Å². The van der Waals surface area contributed by atoms with Crippen LogP contribution in [-0.4, -0.2) is 29.6 Å². The van der Waals surface area contributed by atoms with Gasteiger partial charge in [0.2, 0.25) is 0 Å². The van der Waals surface area contributed by atoms with Gasteiger partial charge in [0.1, 0.15) is 16.8 Å². The van der Waals surface area contributed by atoms with Gasteiger partial charge < -0.3 is 5.11 Å². The first-order valence-corrected chi connectivity index (χ1v) is 7.42. The molecular weight excluding hydrogens is 271 g/mol. The van der Waals surface area contributed by atoms with Gasteiger partial charge in [-0.1, -0.05) is 18.2 Å². The summed E-state index contributed by atoms with van der Waals surface area (Å²) in [5.74, 6) is -0.509. The van der Waals surface area contributed by atoms with E-state index in [0.717, 1.165) is 6.26 Å². The third-order valence-electron chi connectivity index (χ3n) is 2.66. The largest absolute Gasteiger partial charge is 0.386 e. The zero-order valence-electron chi connectivity index (χ0n) is 10.2. The number of halogens is 1. The van der Waals surface area contributed by atoms with Crippen molar-refractivity contribution < 1.29 is 17.9 Å². The lowest BCUT2D eigenvalue weighted by atomic mass is 10.1. The minimum atomic E-state index is -3.33. The van der Waals surface area contributed by atoms with Gasteiger partial charge in [-0.05, 0) is 6.07 Å². The number of benzene rings is 1. The molecule has 5 nitrogen and oxygen atoms in total. The molecule has 1 N–H and O–H groups in total. The van der Waals surface area contributed by atoms with Crippen LogP contribution in [0.1, 0.15) is 11.7 Å². The minimum absolute atomic E-state index is 0.0174. The Hall–Kier alpha value is -1.73. The third kappa shape index (κ3) is 3.18. The van der Waals surface area contributed by atoms with Gasteiger partial charge in [-0.15, -0.1) is 0 Å². The first-order chi connectivity index (χ1) is 8.88. The molecule has 1 aromatic heterocycles. The molecule has 0 fully saturated rings. The molecule has 1 heterocycles. The standard InChI is InChI=1S/C12H13FN2O3S/c1-19(17,18)9-6-14-15(7-9)8-12(16)10-4-2-3-5-11(10)13/h2-7,12,16H,8H2,1H3. The zero-order valence-corrected chi connectivity index (χ0v) is 11.0. The Morgan fingerprint density at radius 2 is 2.11 bits per heavy atom. The average molecular weight is 284 g/mol. The van der Waals surface area contributed by atoms with E-state index in [-0.39, 0.29) is 17.0 Å². The average Bonchev–Trinajstić information content (AvgIpc) is 2.77. The normalized spacial score (nSPS) is 13.4. The molecule has 1 atom stereocenters. The molecule has 0 amide bonds. The van der Waals surface area contributed by atoms with Crippen LogP contribution in [-0.2, 0) is 16.4 Å². The van der Waals surface area contributed by atoms with Gasteiger partial charge in [0, 0.05) is 18.0 Å². The van der Waals surface area contributed by atoms with Crippen LogP contribution in [0.3, 0.4) is 0 Å². The second kappa shape index (κ2) is 5.10. The van der Waals surface area contributed by atoms with E-state index in [2.05, 4.69) is 5.10 Å². The number of nitrogens with zero attached hydrogens (tertiary/aromatic N) is 2. The van der Waals surface area contributed by atoms with Crippen LogP contribution < -0.4 is 0 Å². The number of sulfone groups is 1. The Labute approximate surface area is 110 Å². The van der Waals surface area contributed by atoms with Crippen molar-refractivity contribution in [2.45, 2.75) is 17.5 Å². The molecule has 2 rings (SSSR count). The molecule has 0 saturated carbocycles. The summed E-state index contributed by atoms with van der Waals surface area (Å²) in [5.41, 5.74) is 0.152. The van der Waals surface area contributed by atoms with Crippen molar-refractivity contribution in [2.24, 2.45) is 0 Å². The van der Waals surface area contributed by atoms with E-state index in [1.165, 1.54) is 35.3 Å². The summed E-state index contributed by atoms with van der Waals surface area (Å²) >= 11 is 0. The molecule has 7 heteroatoms. The van der Waals surface area contributed by atoms with Crippen molar-refractivity contribution >= 4 is 9.84 Å². The molecule has 0 spiro atoms. The number of aliphatic hydroxyl groups excluding tert-OH is 1. The van der Waals surface area contributed by atoms with Crippen molar-refractivity contribution in [2.75, 3.05) is 6.26 Å². The predicted octanol–water partition coefficient (Wildman–Crippen LogP) is 1.16. The molecule has 2 aromatic rings. The summed E-state index contributed by atoms with van der Waals surface area (Å²) in [5, 5.41) is 13.7. The number of hydrogen-bond acceptors (Lipinski definition) is 4. The molecular formula is C12H13FN2O3S. The van der Waals surface area contributed by atoms with Crippen LogP contribution >= 0.6 is 0 Å². The van der Waals surface area contributed by atoms with Gasteiger partial charge in [-0.25, -0.2) is 12.8 Å². The Balaban J connectivity index is 2.18. The Kier molecular flexibility index (Phi) is 3.68. The molecule has 0 aliphatic carbocycles. The van der Waals surface area contributed by atoms with Crippen molar-refractivity contribution in [3.05, 3.63) is 48.0 Å². The molecule has 0 radical (unpaired) electrons. The quantitative estimate of drug-likeness (QED) is 0.914. The number of rotatable bonds is 4. The molecule has 1 aromatic carbocycles. The highest BCUT2D eigenvalue weighted by Gasteiger charge is 2.15. The second-order valence-corrected chi connectivity index (χ2v) is 6.22. The Morgan fingerprint density at radius 1 is 1.42 bits per heavy atom. The lowest BCUT2D eigenvalue weighted by Crippen LogP contribution is -2.10. The van der Waals surface area contributed by atoms with Gasteiger partial charge >= 0.3 is 0 Å². The van der Waals surface area contributed by atoms with E-state index in [9.17, 15) is 17.9 Å². The first-order valence-electron chi connectivity index (χ1n) is 5.53. The molecule has 102 valence electrons. The van der Waals surface area contributed by atoms with Crippen LogP contribution in [0.5, 0.6) is 0 Å². The Morgan fingerprint density at radius 3 is 2.68 bits per heavy atom. The first kappa shape index (κ1) is 13.7. The van der Waals surface area contributed by atoms with E-state index >= 15 is 0 Å². The van der Waals surface area contributed by atoms with Crippen molar-refractivity contribution in [1.82, 2.24) is 9.78 Å². The summed E-state index contributed by atoms with van der Waals surface area (Å²) in [6.45, 7) is -0.0174. The third-order valence-corrected chi connectivity index (χ3v) is 3.73. The molecule has 0 aliphatic heterocycles. The van der Waals surface area contributed by atoms with Crippen LogP contribution in [0.25, 0.3) is 0 Å². The van der Waals surface area contributed by atoms with Gasteiger partial charge in [-0.2, -0.15) is 5.10 Å². The van der Waals surface area contributed by atoms with E-state index in [4.69, 9.17) is 0 Å². The fourth-order valence-electron chi connectivity index (χ4n) is 1.66. The van der Waals surface area contributed by atoms with E-state index in [1.807, 2.05) is 0 Å². The maximum absolute atomic E-state index is 13.5. The maximum Gasteiger partial charge on any atom is 0.178 e. The van der Waals surface area contributed by atoms with Crippen LogP contribution in [0.4, 0.5) is 4.39 Å². The second-order valence-electron chi connectivity index (χ2n) is 4.21. The molecule has 19 heavy (non-hydrogen) atoms. The topological polar surface area (TPSA) is 72.2 Å². The van der Waals surface area contributed by atoms with Crippen molar-refractivity contribution in [1.29, 1.82) is 0 Å². The highest BCUT2D eigenvalue weighted by atomic mass is 32.2. The lowest BCUT2D eigenvalue weighted by Gasteiger charge is -2.11. The summed E-state index contributed by atoms with van der Waals surface area (Å²) in [4.78, 5) is 0.0632. The van der Waals surface area contributed by atoms with Crippen molar-refractivity contribution in [3.63, 3.8) is 0 Å². The zero-order chi connectivity index (χ0) is 14.0. The van der Waals surface area contributed by atoms with Gasteiger partial charge in [0.25, 0.3) is 0 Å². The number of hydrogen-bond donors (Lipinski definition) is 1. The number of aliphatic hydroxyl groups is 1. The molecule has 1 unspecified atom stereocenters. The van der Waals surface area contributed by atoms with Crippen LogP contribution in [0.15, 0.2) is 41.6 Å². The van der Waals surface area contributed by atoms with Gasteiger partial charge in [-0.3, -0.25) is 4.68 Å². The van der Waals surface area contributed by atoms with E-state index in [1.54, 1.807) is 6.07 Å². The fraction of sp³-hybridized carbons (Fsp3) is 0.250. The monoisotopic (exact) mass is 284 g/mol. The summed E-state index contributed by atoms with van der Waals surface area (Å²) < 4.78 is 37.3. The molecule has 0 saturated heterocycles. The summed E-state index contributed by atoms with van der Waals surface area (Å²) in [7, 11) is -3.33. The number of aromatic nitrogens is 2. The summed E-state index contributed by atoms with van der Waals surface area (Å²) in [6.07, 6.45) is 2.48. The molecule has 0 bridgehead atoms. The van der Waals surface area contributed by atoms with Gasteiger partial charge in [0.15, 0.2) is 9.84 Å². The Bertz CT molecular complexity index is 682. The van der Waals surface area contributed by atoms with Crippen LogP contribution in [0.2, 0.25) is 0 Å². The maximum atomic E-state index is 13.5. The van der Waals surface area contributed by atoms with E-state index in [0.29, 0.717) is 0 Å². The van der Waals surface area contributed by atoms with Crippen LogP contribution in [0, 0.1) is 5.82 Å². The fourth-order valence-corrected chi connectivity index (χ4v) is 2.21.